The minimum absolute atomic E-state index is 0.0543. The highest BCUT2D eigenvalue weighted by atomic mass is 16.5. The van der Waals surface area contributed by atoms with E-state index in [0.29, 0.717) is 13.2 Å². The lowest BCUT2D eigenvalue weighted by atomic mass is 10.2. The Hall–Kier alpha value is -0.690. The molecule has 6 nitrogen and oxygen atoms in total. The highest BCUT2D eigenvalue weighted by molar-refractivity contribution is 5.81. The summed E-state index contributed by atoms with van der Waals surface area (Å²) in [6, 6.07) is -0.228. The van der Waals surface area contributed by atoms with E-state index in [1.54, 1.807) is 14.0 Å². The van der Waals surface area contributed by atoms with Crippen LogP contribution in [0.25, 0.3) is 0 Å². The summed E-state index contributed by atoms with van der Waals surface area (Å²) in [6.45, 7) is 8.48. The smallest absolute Gasteiger partial charge is 0.237 e. The number of rotatable bonds is 10. The van der Waals surface area contributed by atoms with Crippen LogP contribution in [-0.4, -0.2) is 62.2 Å². The predicted octanol–water partition coefficient (Wildman–Crippen LogP) is -0.0985. The van der Waals surface area contributed by atoms with Crippen molar-refractivity contribution < 1.29 is 19.4 Å². The Balaban J connectivity index is 3.77. The molecule has 0 spiro atoms. The Morgan fingerprint density at radius 3 is 2.37 bits per heavy atom. The van der Waals surface area contributed by atoms with Gasteiger partial charge in [-0.25, -0.2) is 0 Å². The van der Waals surface area contributed by atoms with Gasteiger partial charge in [-0.2, -0.15) is 0 Å². The first-order valence-corrected chi connectivity index (χ1v) is 6.69. The lowest BCUT2D eigenvalue weighted by Gasteiger charge is -2.19. The zero-order valence-corrected chi connectivity index (χ0v) is 12.6. The average molecular weight is 276 g/mol. The van der Waals surface area contributed by atoms with Crippen LogP contribution >= 0.6 is 0 Å². The van der Waals surface area contributed by atoms with Crippen molar-refractivity contribution in [3.8, 4) is 0 Å². The second kappa shape index (κ2) is 10.1. The second-order valence-corrected chi connectivity index (χ2v) is 5.05. The summed E-state index contributed by atoms with van der Waals surface area (Å²) in [5, 5.41) is 15.5. The van der Waals surface area contributed by atoms with Crippen LogP contribution in [0.4, 0.5) is 0 Å². The monoisotopic (exact) mass is 276 g/mol. The van der Waals surface area contributed by atoms with Gasteiger partial charge in [0.2, 0.25) is 5.91 Å². The molecule has 0 aromatic rings. The van der Waals surface area contributed by atoms with E-state index in [2.05, 4.69) is 10.6 Å². The molecule has 0 aromatic carbocycles. The number of ether oxygens (including phenoxy) is 2. The van der Waals surface area contributed by atoms with E-state index in [9.17, 15) is 9.90 Å². The van der Waals surface area contributed by atoms with E-state index < -0.39 is 6.10 Å². The summed E-state index contributed by atoms with van der Waals surface area (Å²) in [5.41, 5.74) is 0. The number of aliphatic hydroxyl groups excluding tert-OH is 1. The maximum Gasteiger partial charge on any atom is 0.237 e. The number of aliphatic hydroxyl groups is 1. The SMILES string of the molecule is COCC(C)OCC(O)CNC(C)C(=O)NC(C)C. The molecular formula is C13H28N2O4. The molecule has 0 saturated carbocycles. The average Bonchev–Trinajstić information content (AvgIpc) is 2.32. The molecule has 1 amide bonds. The molecule has 114 valence electrons. The lowest BCUT2D eigenvalue weighted by Crippen LogP contribution is -2.47. The van der Waals surface area contributed by atoms with Crippen molar-refractivity contribution in [2.75, 3.05) is 26.9 Å². The molecule has 0 aliphatic rings. The summed E-state index contributed by atoms with van der Waals surface area (Å²) in [6.07, 6.45) is -0.699. The first kappa shape index (κ1) is 18.3. The van der Waals surface area contributed by atoms with Crippen LogP contribution in [0.3, 0.4) is 0 Å². The maximum atomic E-state index is 11.6. The summed E-state index contributed by atoms with van der Waals surface area (Å²) >= 11 is 0. The number of carbonyl (C=O) groups excluding carboxylic acids is 1. The third-order valence-electron chi connectivity index (χ3n) is 2.46. The van der Waals surface area contributed by atoms with Crippen molar-refractivity contribution in [1.29, 1.82) is 0 Å². The molecule has 0 aliphatic carbocycles. The van der Waals surface area contributed by atoms with Crippen molar-refractivity contribution >= 4 is 5.91 Å². The zero-order chi connectivity index (χ0) is 14.8. The second-order valence-electron chi connectivity index (χ2n) is 5.05. The van der Waals surface area contributed by atoms with E-state index in [-0.39, 0.29) is 30.7 Å². The number of amides is 1. The van der Waals surface area contributed by atoms with Gasteiger partial charge in [0.25, 0.3) is 0 Å². The highest BCUT2D eigenvalue weighted by Gasteiger charge is 2.15. The Morgan fingerprint density at radius 1 is 1.21 bits per heavy atom. The Kier molecular flexibility index (Phi) is 9.77. The van der Waals surface area contributed by atoms with Gasteiger partial charge in [0.05, 0.1) is 31.5 Å². The fraction of sp³-hybridized carbons (Fsp3) is 0.923. The summed E-state index contributed by atoms with van der Waals surface area (Å²) in [5.74, 6) is -0.0733. The number of hydrogen-bond acceptors (Lipinski definition) is 5. The minimum Gasteiger partial charge on any atom is -0.389 e. The van der Waals surface area contributed by atoms with Gasteiger partial charge in [0.15, 0.2) is 0 Å². The number of hydrogen-bond donors (Lipinski definition) is 3. The molecule has 3 N–H and O–H groups in total. The number of methoxy groups -OCH3 is 1. The van der Waals surface area contributed by atoms with Gasteiger partial charge in [-0.1, -0.05) is 0 Å². The maximum absolute atomic E-state index is 11.6. The van der Waals surface area contributed by atoms with Crippen LogP contribution in [0.15, 0.2) is 0 Å². The Bertz CT molecular complexity index is 249. The first-order valence-electron chi connectivity index (χ1n) is 6.69. The van der Waals surface area contributed by atoms with Crippen molar-refractivity contribution in [1.82, 2.24) is 10.6 Å². The predicted molar refractivity (Wildman–Crippen MR) is 74.0 cm³/mol. The van der Waals surface area contributed by atoms with Gasteiger partial charge in [-0.05, 0) is 27.7 Å². The Labute approximate surface area is 115 Å². The Morgan fingerprint density at radius 2 is 1.84 bits per heavy atom. The van der Waals surface area contributed by atoms with E-state index in [1.165, 1.54) is 0 Å². The molecule has 0 fully saturated rings. The van der Waals surface area contributed by atoms with E-state index in [0.717, 1.165) is 0 Å². The summed E-state index contributed by atoms with van der Waals surface area (Å²) in [7, 11) is 1.60. The molecule has 0 aliphatic heterocycles. The molecule has 3 unspecified atom stereocenters. The van der Waals surface area contributed by atoms with Gasteiger partial charge in [-0.15, -0.1) is 0 Å². The molecule has 19 heavy (non-hydrogen) atoms. The van der Waals surface area contributed by atoms with E-state index in [4.69, 9.17) is 9.47 Å². The molecule has 3 atom stereocenters. The molecule has 0 rings (SSSR count). The number of carbonyl (C=O) groups is 1. The topological polar surface area (TPSA) is 79.8 Å². The minimum atomic E-state index is -0.645. The number of nitrogens with one attached hydrogen (secondary N) is 2. The van der Waals surface area contributed by atoms with Crippen LogP contribution in [0.5, 0.6) is 0 Å². The molecule has 6 heteroatoms. The van der Waals surface area contributed by atoms with Crippen LogP contribution in [0, 0.1) is 0 Å². The van der Waals surface area contributed by atoms with Crippen LogP contribution < -0.4 is 10.6 Å². The quantitative estimate of drug-likeness (QED) is 0.519. The first-order chi connectivity index (χ1) is 8.86. The van der Waals surface area contributed by atoms with Crippen LogP contribution in [-0.2, 0) is 14.3 Å². The van der Waals surface area contributed by atoms with Gasteiger partial charge < -0.3 is 25.2 Å². The van der Waals surface area contributed by atoms with E-state index in [1.807, 2.05) is 20.8 Å². The fourth-order valence-electron chi connectivity index (χ4n) is 1.43. The van der Waals surface area contributed by atoms with Crippen molar-refractivity contribution in [3.05, 3.63) is 0 Å². The van der Waals surface area contributed by atoms with Gasteiger partial charge in [0.1, 0.15) is 0 Å². The molecule has 0 radical (unpaired) electrons. The molecule has 0 aromatic heterocycles. The summed E-state index contributed by atoms with van der Waals surface area (Å²) in [4.78, 5) is 11.6. The standard InChI is InChI=1S/C13H28N2O4/c1-9(2)15-13(17)11(4)14-6-12(16)8-19-10(3)7-18-5/h9-12,14,16H,6-8H2,1-5H3,(H,15,17). The third kappa shape index (κ3) is 9.84. The van der Waals surface area contributed by atoms with Crippen molar-refractivity contribution in [3.63, 3.8) is 0 Å². The third-order valence-corrected chi connectivity index (χ3v) is 2.46. The van der Waals surface area contributed by atoms with Gasteiger partial charge >= 0.3 is 0 Å². The largest absolute Gasteiger partial charge is 0.389 e. The van der Waals surface area contributed by atoms with E-state index >= 15 is 0 Å². The fourth-order valence-corrected chi connectivity index (χ4v) is 1.43. The molecule has 0 saturated heterocycles. The van der Waals surface area contributed by atoms with Crippen LogP contribution in [0.2, 0.25) is 0 Å². The van der Waals surface area contributed by atoms with Crippen molar-refractivity contribution in [2.45, 2.75) is 52.0 Å². The van der Waals surface area contributed by atoms with Crippen LogP contribution in [0.1, 0.15) is 27.7 Å². The zero-order valence-electron chi connectivity index (χ0n) is 12.6. The molecule has 0 bridgehead atoms. The molecular weight excluding hydrogens is 248 g/mol. The molecule has 0 heterocycles. The highest BCUT2D eigenvalue weighted by Crippen LogP contribution is 1.94. The van der Waals surface area contributed by atoms with Crippen molar-refractivity contribution in [2.24, 2.45) is 0 Å². The lowest BCUT2D eigenvalue weighted by molar-refractivity contribution is -0.123. The summed E-state index contributed by atoms with van der Waals surface area (Å²) < 4.78 is 10.3. The van der Waals surface area contributed by atoms with Gasteiger partial charge in [0, 0.05) is 19.7 Å². The normalized spacial score (nSPS) is 16.2. The van der Waals surface area contributed by atoms with Gasteiger partial charge in [-0.3, -0.25) is 4.79 Å².